The first-order valence-electron chi connectivity index (χ1n) is 12.6. The normalized spacial score (nSPS) is 11.6. The number of aryl methyl sites for hydroxylation is 1. The van der Waals surface area contributed by atoms with E-state index in [1.165, 1.54) is 0 Å². The highest BCUT2D eigenvalue weighted by Crippen LogP contribution is 2.25. The van der Waals surface area contributed by atoms with Crippen molar-refractivity contribution in [3.05, 3.63) is 53.6 Å². The summed E-state index contributed by atoms with van der Waals surface area (Å²) < 4.78 is 16.6. The topological polar surface area (TPSA) is 97.3 Å². The first-order valence-corrected chi connectivity index (χ1v) is 12.6. The summed E-state index contributed by atoms with van der Waals surface area (Å²) in [4.78, 5) is 26.2. The number of aliphatic carboxylic acids is 1. The zero-order valence-electron chi connectivity index (χ0n) is 21.9. The number of methoxy groups -OCH3 is 1. The molecule has 0 aliphatic rings. The number of nitrogens with one attached hydrogen (secondary N) is 1. The van der Waals surface area contributed by atoms with Crippen LogP contribution in [-0.2, 0) is 16.0 Å². The van der Waals surface area contributed by atoms with Crippen molar-refractivity contribution in [3.63, 3.8) is 0 Å². The van der Waals surface area contributed by atoms with Crippen LogP contribution in [0.4, 0.5) is 10.5 Å². The third-order valence-electron chi connectivity index (χ3n) is 5.78. The number of carboxylic acids is 1. The maximum atomic E-state index is 13.1. The quantitative estimate of drug-likeness (QED) is 0.294. The van der Waals surface area contributed by atoms with E-state index in [1.807, 2.05) is 49.4 Å². The fraction of sp³-hybridized carbons (Fsp3) is 0.500. The molecule has 0 saturated heterocycles. The lowest BCUT2D eigenvalue weighted by Gasteiger charge is -2.24. The molecule has 2 rings (SSSR count). The predicted molar refractivity (Wildman–Crippen MR) is 141 cm³/mol. The van der Waals surface area contributed by atoms with Gasteiger partial charge in [0.1, 0.15) is 18.1 Å². The molecule has 0 aliphatic carbocycles. The molecule has 36 heavy (non-hydrogen) atoms. The predicted octanol–water partition coefficient (Wildman–Crippen LogP) is 5.53. The van der Waals surface area contributed by atoms with Gasteiger partial charge in [-0.1, -0.05) is 44.4 Å². The van der Waals surface area contributed by atoms with Crippen molar-refractivity contribution in [2.45, 2.75) is 59.0 Å². The van der Waals surface area contributed by atoms with Gasteiger partial charge in [0.2, 0.25) is 0 Å². The van der Waals surface area contributed by atoms with Gasteiger partial charge < -0.3 is 29.5 Å². The highest BCUT2D eigenvalue weighted by Gasteiger charge is 2.18. The van der Waals surface area contributed by atoms with E-state index in [1.54, 1.807) is 18.9 Å². The van der Waals surface area contributed by atoms with E-state index in [0.717, 1.165) is 36.8 Å². The van der Waals surface area contributed by atoms with Gasteiger partial charge in [0.15, 0.2) is 6.10 Å². The number of amides is 2. The Morgan fingerprint density at radius 1 is 1.03 bits per heavy atom. The van der Waals surface area contributed by atoms with Gasteiger partial charge >= 0.3 is 12.0 Å². The monoisotopic (exact) mass is 500 g/mol. The number of hydrogen-bond donors (Lipinski definition) is 2. The molecule has 0 heterocycles. The van der Waals surface area contributed by atoms with Gasteiger partial charge in [-0.15, -0.1) is 0 Å². The van der Waals surface area contributed by atoms with Crippen LogP contribution in [0.1, 0.15) is 50.7 Å². The first kappa shape index (κ1) is 29.0. The fourth-order valence-corrected chi connectivity index (χ4v) is 3.79. The average Bonchev–Trinajstić information content (AvgIpc) is 2.86. The number of carbonyl (C=O) groups excluding carboxylic acids is 1. The lowest BCUT2D eigenvalue weighted by Crippen LogP contribution is -2.38. The zero-order valence-corrected chi connectivity index (χ0v) is 21.9. The Labute approximate surface area is 214 Å². The van der Waals surface area contributed by atoms with Crippen molar-refractivity contribution in [2.24, 2.45) is 0 Å². The molecule has 2 aromatic rings. The molecule has 2 N–H and O–H groups in total. The standard InChI is InChI=1S/C28H40N2O6/c1-5-7-8-9-16-30(28(33)29-24-19-21(3)10-15-25(24)34-4)17-18-36-23-13-11-22(12-14-23)20-26(27(31)32)35-6-2/h10-15,19,26H,5-9,16-18,20H2,1-4H3,(H,29,33)(H,31,32). The van der Waals surface area contributed by atoms with E-state index < -0.39 is 12.1 Å². The molecule has 2 amide bonds. The Kier molecular flexibility index (Phi) is 12.6. The molecule has 8 nitrogen and oxygen atoms in total. The van der Waals surface area contributed by atoms with Crippen molar-refractivity contribution >= 4 is 17.7 Å². The van der Waals surface area contributed by atoms with Crippen molar-refractivity contribution in [1.29, 1.82) is 0 Å². The Morgan fingerprint density at radius 3 is 2.42 bits per heavy atom. The van der Waals surface area contributed by atoms with Gasteiger partial charge in [0, 0.05) is 19.6 Å². The van der Waals surface area contributed by atoms with Gasteiger partial charge in [-0.05, 0) is 55.7 Å². The molecule has 0 fully saturated rings. The number of unbranched alkanes of at least 4 members (excludes halogenated alkanes) is 3. The summed E-state index contributed by atoms with van der Waals surface area (Å²) in [7, 11) is 1.58. The third kappa shape index (κ3) is 9.77. The number of hydrogen-bond acceptors (Lipinski definition) is 5. The Morgan fingerprint density at radius 2 is 1.78 bits per heavy atom. The highest BCUT2D eigenvalue weighted by molar-refractivity contribution is 5.91. The molecule has 0 radical (unpaired) electrons. The molecular formula is C28H40N2O6. The summed E-state index contributed by atoms with van der Waals surface area (Å²) in [6.45, 7) is 7.65. The summed E-state index contributed by atoms with van der Waals surface area (Å²) >= 11 is 0. The van der Waals surface area contributed by atoms with Crippen LogP contribution < -0.4 is 14.8 Å². The van der Waals surface area contributed by atoms with Crippen LogP contribution in [0.15, 0.2) is 42.5 Å². The maximum absolute atomic E-state index is 13.1. The second-order valence-electron chi connectivity index (χ2n) is 8.66. The maximum Gasteiger partial charge on any atom is 0.333 e. The van der Waals surface area contributed by atoms with E-state index in [-0.39, 0.29) is 12.5 Å². The summed E-state index contributed by atoms with van der Waals surface area (Å²) in [5.41, 5.74) is 2.53. The minimum Gasteiger partial charge on any atom is -0.495 e. The molecule has 0 aliphatic heterocycles. The number of anilines is 1. The van der Waals surface area contributed by atoms with Crippen molar-refractivity contribution < 1.29 is 28.9 Å². The van der Waals surface area contributed by atoms with E-state index in [0.29, 0.717) is 43.5 Å². The van der Waals surface area contributed by atoms with Crippen LogP contribution in [0.25, 0.3) is 0 Å². The van der Waals surface area contributed by atoms with Gasteiger partial charge in [0.05, 0.1) is 19.3 Å². The second kappa shape index (κ2) is 15.7. The molecular weight excluding hydrogens is 460 g/mol. The second-order valence-corrected chi connectivity index (χ2v) is 8.66. The molecule has 1 atom stereocenters. The Hall–Kier alpha value is -3.26. The summed E-state index contributed by atoms with van der Waals surface area (Å²) in [5.74, 6) is 0.303. The van der Waals surface area contributed by atoms with Crippen LogP contribution in [0.3, 0.4) is 0 Å². The van der Waals surface area contributed by atoms with Crippen LogP contribution >= 0.6 is 0 Å². The van der Waals surface area contributed by atoms with Crippen LogP contribution in [0.2, 0.25) is 0 Å². The van der Waals surface area contributed by atoms with Crippen LogP contribution in [0, 0.1) is 6.92 Å². The number of nitrogens with zero attached hydrogens (tertiary/aromatic N) is 1. The van der Waals surface area contributed by atoms with Crippen LogP contribution in [0.5, 0.6) is 11.5 Å². The molecule has 0 spiro atoms. The highest BCUT2D eigenvalue weighted by atomic mass is 16.5. The minimum atomic E-state index is -0.974. The smallest absolute Gasteiger partial charge is 0.333 e. The average molecular weight is 501 g/mol. The van der Waals surface area contributed by atoms with Gasteiger partial charge in [-0.25, -0.2) is 9.59 Å². The summed E-state index contributed by atoms with van der Waals surface area (Å²) in [6, 6.07) is 12.8. The van der Waals surface area contributed by atoms with E-state index in [4.69, 9.17) is 14.2 Å². The Balaban J connectivity index is 1.96. The number of carboxylic acid groups (broad SMARTS) is 1. The molecule has 8 heteroatoms. The lowest BCUT2D eigenvalue weighted by molar-refractivity contribution is -0.149. The van der Waals surface area contributed by atoms with Crippen molar-refractivity contribution in [3.8, 4) is 11.5 Å². The number of carbonyl (C=O) groups is 2. The van der Waals surface area contributed by atoms with Crippen molar-refractivity contribution in [2.75, 3.05) is 38.7 Å². The molecule has 0 aromatic heterocycles. The van der Waals surface area contributed by atoms with Gasteiger partial charge in [0.25, 0.3) is 0 Å². The number of ether oxygens (including phenoxy) is 3. The van der Waals surface area contributed by atoms with E-state index in [2.05, 4.69) is 12.2 Å². The van der Waals surface area contributed by atoms with Gasteiger partial charge in [-0.2, -0.15) is 0 Å². The molecule has 1 unspecified atom stereocenters. The van der Waals surface area contributed by atoms with Crippen LogP contribution in [-0.4, -0.2) is 61.5 Å². The van der Waals surface area contributed by atoms with Crippen molar-refractivity contribution in [1.82, 2.24) is 4.90 Å². The zero-order chi connectivity index (χ0) is 26.3. The minimum absolute atomic E-state index is 0.190. The summed E-state index contributed by atoms with van der Waals surface area (Å²) in [6.07, 6.45) is 3.67. The number of benzene rings is 2. The summed E-state index contributed by atoms with van der Waals surface area (Å²) in [5, 5.41) is 12.3. The lowest BCUT2D eigenvalue weighted by atomic mass is 10.1. The Bertz CT molecular complexity index is 948. The molecule has 2 aromatic carbocycles. The first-order chi connectivity index (χ1) is 17.4. The molecule has 0 bridgehead atoms. The SMILES string of the molecule is CCCCCCN(CCOc1ccc(CC(OCC)C(=O)O)cc1)C(=O)Nc1cc(C)ccc1OC. The fourth-order valence-electron chi connectivity index (χ4n) is 3.79. The molecule has 198 valence electrons. The number of rotatable bonds is 16. The number of urea groups is 1. The van der Waals surface area contributed by atoms with E-state index >= 15 is 0 Å². The van der Waals surface area contributed by atoms with E-state index in [9.17, 15) is 14.7 Å². The van der Waals surface area contributed by atoms with Gasteiger partial charge in [-0.3, -0.25) is 0 Å². The molecule has 0 saturated carbocycles. The largest absolute Gasteiger partial charge is 0.495 e. The third-order valence-corrected chi connectivity index (χ3v) is 5.78.